The Morgan fingerprint density at radius 1 is 1.29 bits per heavy atom. The lowest BCUT2D eigenvalue weighted by Gasteiger charge is -2.27. The van der Waals surface area contributed by atoms with Crippen LogP contribution in [0.4, 0.5) is 5.82 Å². The van der Waals surface area contributed by atoms with Crippen molar-refractivity contribution in [3.63, 3.8) is 0 Å². The number of fused-ring (bicyclic) bond motifs is 2. The first-order chi connectivity index (χ1) is 10.3. The quantitative estimate of drug-likeness (QED) is 0.780. The van der Waals surface area contributed by atoms with Gasteiger partial charge in [0.25, 0.3) is 0 Å². The SMILES string of the molecule is Cn1cc2c(NC3CCOc4ccccc43)ncnc2n1. The Kier molecular flexibility index (Phi) is 2.73. The van der Waals surface area contributed by atoms with Crippen LogP contribution in [0.3, 0.4) is 0 Å². The summed E-state index contributed by atoms with van der Waals surface area (Å²) in [5.74, 6) is 1.76. The maximum Gasteiger partial charge on any atom is 0.186 e. The maximum atomic E-state index is 5.69. The highest BCUT2D eigenvalue weighted by molar-refractivity contribution is 5.85. The third kappa shape index (κ3) is 2.08. The molecule has 3 aromatic rings. The number of aryl methyl sites for hydroxylation is 1. The normalized spacial score (nSPS) is 17.3. The standard InChI is InChI=1S/C15H15N5O/c1-20-8-11-14(16-9-17-15(11)19-20)18-12-6-7-21-13-5-3-2-4-10(12)13/h2-5,8-9,12H,6-7H2,1H3,(H,16,17,18,19). The topological polar surface area (TPSA) is 64.9 Å². The number of nitrogens with one attached hydrogen (secondary N) is 1. The Balaban J connectivity index is 1.73. The lowest BCUT2D eigenvalue weighted by Crippen LogP contribution is -2.20. The van der Waals surface area contributed by atoms with Crippen molar-refractivity contribution in [3.05, 3.63) is 42.4 Å². The van der Waals surface area contributed by atoms with Crippen LogP contribution in [-0.4, -0.2) is 26.4 Å². The molecule has 106 valence electrons. The Labute approximate surface area is 121 Å². The molecule has 0 fully saturated rings. The molecule has 0 saturated heterocycles. The van der Waals surface area contributed by atoms with Crippen LogP contribution in [-0.2, 0) is 7.05 Å². The minimum Gasteiger partial charge on any atom is -0.493 e. The van der Waals surface area contributed by atoms with Crippen LogP contribution >= 0.6 is 0 Å². The number of anilines is 1. The van der Waals surface area contributed by atoms with Gasteiger partial charge in [0.05, 0.1) is 18.0 Å². The zero-order valence-corrected chi connectivity index (χ0v) is 11.7. The number of hydrogen-bond donors (Lipinski definition) is 1. The molecule has 4 rings (SSSR count). The number of para-hydroxylation sites is 1. The van der Waals surface area contributed by atoms with Crippen LogP contribution < -0.4 is 10.1 Å². The number of rotatable bonds is 2. The molecular formula is C15H15N5O. The fraction of sp³-hybridized carbons (Fsp3) is 0.267. The van der Waals surface area contributed by atoms with Crippen molar-refractivity contribution < 1.29 is 4.74 Å². The lowest BCUT2D eigenvalue weighted by atomic mass is 10.0. The van der Waals surface area contributed by atoms with Crippen LogP contribution in [0.2, 0.25) is 0 Å². The first-order valence-corrected chi connectivity index (χ1v) is 6.94. The molecule has 0 bridgehead atoms. The molecule has 6 heteroatoms. The van der Waals surface area contributed by atoms with Crippen molar-refractivity contribution in [2.45, 2.75) is 12.5 Å². The van der Waals surface area contributed by atoms with Gasteiger partial charge in [-0.1, -0.05) is 18.2 Å². The molecule has 2 aromatic heterocycles. The van der Waals surface area contributed by atoms with E-state index in [1.807, 2.05) is 31.4 Å². The van der Waals surface area contributed by atoms with E-state index in [2.05, 4.69) is 26.4 Å². The van der Waals surface area contributed by atoms with E-state index < -0.39 is 0 Å². The Bertz CT molecular complexity index is 798. The van der Waals surface area contributed by atoms with Crippen molar-refractivity contribution in [1.82, 2.24) is 19.7 Å². The monoisotopic (exact) mass is 281 g/mol. The molecule has 0 radical (unpaired) electrons. The van der Waals surface area contributed by atoms with Crippen LogP contribution in [0.25, 0.3) is 11.0 Å². The summed E-state index contributed by atoms with van der Waals surface area (Å²) in [7, 11) is 1.88. The van der Waals surface area contributed by atoms with Crippen molar-refractivity contribution in [3.8, 4) is 5.75 Å². The largest absolute Gasteiger partial charge is 0.493 e. The second-order valence-electron chi connectivity index (χ2n) is 5.13. The van der Waals surface area contributed by atoms with Gasteiger partial charge >= 0.3 is 0 Å². The summed E-state index contributed by atoms with van der Waals surface area (Å²) >= 11 is 0. The fourth-order valence-electron chi connectivity index (χ4n) is 2.72. The third-order valence-electron chi connectivity index (χ3n) is 3.70. The van der Waals surface area contributed by atoms with Crippen molar-refractivity contribution in [2.24, 2.45) is 7.05 Å². The van der Waals surface area contributed by atoms with Gasteiger partial charge < -0.3 is 10.1 Å². The molecular weight excluding hydrogens is 266 g/mol. The second-order valence-corrected chi connectivity index (χ2v) is 5.13. The number of aromatic nitrogens is 4. The highest BCUT2D eigenvalue weighted by Gasteiger charge is 2.22. The molecule has 1 aromatic carbocycles. The molecule has 1 aliphatic rings. The van der Waals surface area contributed by atoms with E-state index in [0.717, 1.165) is 23.4 Å². The molecule has 1 aliphatic heterocycles. The lowest BCUT2D eigenvalue weighted by molar-refractivity contribution is 0.274. The average Bonchev–Trinajstić information content (AvgIpc) is 2.89. The van der Waals surface area contributed by atoms with Gasteiger partial charge in [0.1, 0.15) is 17.9 Å². The van der Waals surface area contributed by atoms with Crippen LogP contribution in [0, 0.1) is 0 Å². The summed E-state index contributed by atoms with van der Waals surface area (Å²) in [6, 6.07) is 8.30. The van der Waals surface area contributed by atoms with Crippen molar-refractivity contribution in [2.75, 3.05) is 11.9 Å². The predicted molar refractivity (Wildman–Crippen MR) is 79.2 cm³/mol. The number of ether oxygens (including phenoxy) is 1. The molecule has 0 amide bonds. The second kappa shape index (κ2) is 4.73. The Morgan fingerprint density at radius 3 is 3.14 bits per heavy atom. The van der Waals surface area contributed by atoms with E-state index in [4.69, 9.17) is 4.74 Å². The Hall–Kier alpha value is -2.63. The molecule has 6 nitrogen and oxygen atoms in total. The first kappa shape index (κ1) is 12.1. The molecule has 21 heavy (non-hydrogen) atoms. The average molecular weight is 281 g/mol. The summed E-state index contributed by atoms with van der Waals surface area (Å²) < 4.78 is 7.45. The van der Waals surface area contributed by atoms with E-state index >= 15 is 0 Å². The van der Waals surface area contributed by atoms with Crippen LogP contribution in [0.15, 0.2) is 36.8 Å². The van der Waals surface area contributed by atoms with E-state index in [0.29, 0.717) is 12.3 Å². The van der Waals surface area contributed by atoms with E-state index in [1.165, 1.54) is 5.56 Å². The van der Waals surface area contributed by atoms with E-state index in [1.54, 1.807) is 11.0 Å². The molecule has 1 unspecified atom stereocenters. The minimum absolute atomic E-state index is 0.188. The van der Waals surface area contributed by atoms with Gasteiger partial charge in [-0.3, -0.25) is 4.68 Å². The van der Waals surface area contributed by atoms with Crippen LogP contribution in [0.5, 0.6) is 5.75 Å². The van der Waals surface area contributed by atoms with E-state index in [9.17, 15) is 0 Å². The molecule has 0 saturated carbocycles. The van der Waals surface area contributed by atoms with Gasteiger partial charge in [0.15, 0.2) is 5.65 Å². The van der Waals surface area contributed by atoms with Gasteiger partial charge in [-0.15, -0.1) is 0 Å². The van der Waals surface area contributed by atoms with Crippen LogP contribution in [0.1, 0.15) is 18.0 Å². The first-order valence-electron chi connectivity index (χ1n) is 6.94. The highest BCUT2D eigenvalue weighted by Crippen LogP contribution is 2.34. The molecule has 0 spiro atoms. The zero-order valence-electron chi connectivity index (χ0n) is 11.7. The van der Waals surface area contributed by atoms with Gasteiger partial charge in [-0.2, -0.15) is 5.10 Å². The zero-order chi connectivity index (χ0) is 14.2. The summed E-state index contributed by atoms with van der Waals surface area (Å²) in [5.41, 5.74) is 1.87. The maximum absolute atomic E-state index is 5.69. The molecule has 1 N–H and O–H groups in total. The predicted octanol–water partition coefficient (Wildman–Crippen LogP) is 2.30. The summed E-state index contributed by atoms with van der Waals surface area (Å²) in [6.45, 7) is 0.704. The number of nitrogens with zero attached hydrogens (tertiary/aromatic N) is 4. The summed E-state index contributed by atoms with van der Waals surface area (Å²) in [5, 5.41) is 8.76. The van der Waals surface area contributed by atoms with Gasteiger partial charge in [-0.05, 0) is 6.07 Å². The minimum atomic E-state index is 0.188. The van der Waals surface area contributed by atoms with Crippen molar-refractivity contribution >= 4 is 16.9 Å². The number of benzene rings is 1. The van der Waals surface area contributed by atoms with Gasteiger partial charge in [0, 0.05) is 25.2 Å². The molecule has 1 atom stereocenters. The highest BCUT2D eigenvalue weighted by atomic mass is 16.5. The Morgan fingerprint density at radius 2 is 2.19 bits per heavy atom. The summed E-state index contributed by atoms with van der Waals surface area (Å²) in [4.78, 5) is 8.56. The third-order valence-corrected chi connectivity index (χ3v) is 3.70. The molecule has 3 heterocycles. The smallest absolute Gasteiger partial charge is 0.186 e. The van der Waals surface area contributed by atoms with Crippen molar-refractivity contribution in [1.29, 1.82) is 0 Å². The molecule has 0 aliphatic carbocycles. The van der Waals surface area contributed by atoms with Gasteiger partial charge in [-0.25, -0.2) is 9.97 Å². The number of hydrogen-bond acceptors (Lipinski definition) is 5. The van der Waals surface area contributed by atoms with E-state index in [-0.39, 0.29) is 6.04 Å². The fourth-order valence-corrected chi connectivity index (χ4v) is 2.72. The van der Waals surface area contributed by atoms with Gasteiger partial charge in [0.2, 0.25) is 0 Å². The summed E-state index contributed by atoms with van der Waals surface area (Å²) in [6.07, 6.45) is 4.38.